The molecule has 0 radical (unpaired) electrons. The van der Waals surface area contributed by atoms with Gasteiger partial charge in [-0.05, 0) is 31.4 Å². The predicted octanol–water partition coefficient (Wildman–Crippen LogP) is 1.53. The highest BCUT2D eigenvalue weighted by Gasteiger charge is 2.42. The molecule has 1 aliphatic rings. The number of nitrogens with zero attached hydrogens (tertiary/aromatic N) is 1. The first-order valence-corrected chi connectivity index (χ1v) is 6.57. The number of hydrogen-bond donors (Lipinski definition) is 2. The van der Waals surface area contributed by atoms with Crippen LogP contribution in [0.3, 0.4) is 0 Å². The van der Waals surface area contributed by atoms with Crippen molar-refractivity contribution < 1.29 is 14.7 Å². The number of aryl methyl sites for hydroxylation is 1. The highest BCUT2D eigenvalue weighted by molar-refractivity contribution is 5.87. The first-order valence-electron chi connectivity index (χ1n) is 6.57. The minimum atomic E-state index is -1.04. The molecule has 5 heteroatoms. The van der Waals surface area contributed by atoms with E-state index >= 15 is 0 Å². The number of carbonyl (C=O) groups excluding carboxylic acids is 1. The molecule has 1 aliphatic carbocycles. The molecule has 1 amide bonds. The van der Waals surface area contributed by atoms with Crippen LogP contribution in [-0.2, 0) is 16.0 Å². The number of nitrogens with one attached hydrogen (secondary N) is 1. The van der Waals surface area contributed by atoms with Gasteiger partial charge in [0.2, 0.25) is 5.91 Å². The van der Waals surface area contributed by atoms with E-state index in [9.17, 15) is 14.7 Å². The van der Waals surface area contributed by atoms with Crippen LogP contribution < -0.4 is 5.32 Å². The van der Waals surface area contributed by atoms with E-state index in [1.54, 1.807) is 6.20 Å². The average Bonchev–Trinajstić information content (AvgIpc) is 2.87. The van der Waals surface area contributed by atoms with Gasteiger partial charge in [-0.1, -0.05) is 18.9 Å². The maximum atomic E-state index is 11.9. The van der Waals surface area contributed by atoms with Gasteiger partial charge in [0.1, 0.15) is 5.54 Å². The maximum Gasteiger partial charge on any atom is 0.329 e. The fourth-order valence-electron chi connectivity index (χ4n) is 2.49. The largest absolute Gasteiger partial charge is 0.480 e. The Bertz CT molecular complexity index is 453. The zero-order valence-corrected chi connectivity index (χ0v) is 10.8. The van der Waals surface area contributed by atoms with Gasteiger partial charge in [-0.25, -0.2) is 4.79 Å². The van der Waals surface area contributed by atoms with Crippen molar-refractivity contribution in [1.29, 1.82) is 0 Å². The van der Waals surface area contributed by atoms with E-state index in [1.807, 2.05) is 18.2 Å². The Morgan fingerprint density at radius 1 is 1.32 bits per heavy atom. The van der Waals surface area contributed by atoms with Gasteiger partial charge in [-0.3, -0.25) is 9.78 Å². The predicted molar refractivity (Wildman–Crippen MR) is 69.5 cm³/mol. The SMILES string of the molecule is O=C(CCc1ccccn1)NC1(C(=O)O)CCCC1. The Hall–Kier alpha value is -1.91. The van der Waals surface area contributed by atoms with E-state index < -0.39 is 11.5 Å². The molecule has 0 atom stereocenters. The van der Waals surface area contributed by atoms with Crippen molar-refractivity contribution >= 4 is 11.9 Å². The number of rotatable bonds is 5. The van der Waals surface area contributed by atoms with E-state index in [-0.39, 0.29) is 12.3 Å². The van der Waals surface area contributed by atoms with E-state index in [1.165, 1.54) is 0 Å². The highest BCUT2D eigenvalue weighted by atomic mass is 16.4. The van der Waals surface area contributed by atoms with Gasteiger partial charge in [0.05, 0.1) is 0 Å². The van der Waals surface area contributed by atoms with Gasteiger partial charge in [0.15, 0.2) is 0 Å². The molecule has 1 saturated carbocycles. The lowest BCUT2D eigenvalue weighted by molar-refractivity contribution is -0.147. The fourth-order valence-corrected chi connectivity index (χ4v) is 2.49. The zero-order chi connectivity index (χ0) is 13.7. The minimum absolute atomic E-state index is 0.213. The Balaban J connectivity index is 1.88. The first kappa shape index (κ1) is 13.5. The molecule has 0 saturated heterocycles. The summed E-state index contributed by atoms with van der Waals surface area (Å²) in [6.45, 7) is 0. The van der Waals surface area contributed by atoms with Crippen molar-refractivity contribution in [2.24, 2.45) is 0 Å². The molecule has 0 aliphatic heterocycles. The number of hydrogen-bond acceptors (Lipinski definition) is 3. The molecule has 5 nitrogen and oxygen atoms in total. The summed E-state index contributed by atoms with van der Waals surface area (Å²) in [5.74, 6) is -1.13. The number of aliphatic carboxylic acids is 1. The summed E-state index contributed by atoms with van der Waals surface area (Å²) < 4.78 is 0. The molecule has 2 N–H and O–H groups in total. The number of aromatic nitrogens is 1. The number of pyridine rings is 1. The topological polar surface area (TPSA) is 79.3 Å². The first-order chi connectivity index (χ1) is 9.12. The summed E-state index contributed by atoms with van der Waals surface area (Å²) in [4.78, 5) is 27.3. The lowest BCUT2D eigenvalue weighted by Gasteiger charge is -2.25. The second-order valence-electron chi connectivity index (χ2n) is 4.96. The van der Waals surface area contributed by atoms with Crippen LogP contribution >= 0.6 is 0 Å². The monoisotopic (exact) mass is 262 g/mol. The molecule has 0 unspecified atom stereocenters. The molecule has 1 aromatic heterocycles. The second kappa shape index (κ2) is 5.82. The third-order valence-electron chi connectivity index (χ3n) is 3.58. The lowest BCUT2D eigenvalue weighted by atomic mass is 9.97. The summed E-state index contributed by atoms with van der Waals surface area (Å²) in [7, 11) is 0. The molecular formula is C14H18N2O3. The minimum Gasteiger partial charge on any atom is -0.480 e. The second-order valence-corrected chi connectivity index (χ2v) is 4.96. The molecule has 102 valence electrons. The molecule has 0 spiro atoms. The summed E-state index contributed by atoms with van der Waals surface area (Å²) in [5.41, 5.74) is -0.199. The van der Waals surface area contributed by atoms with E-state index in [2.05, 4.69) is 10.3 Å². The highest BCUT2D eigenvalue weighted by Crippen LogP contribution is 2.30. The summed E-state index contributed by atoms with van der Waals surface area (Å²) in [6.07, 6.45) is 5.24. The van der Waals surface area contributed by atoms with Crippen molar-refractivity contribution in [3.8, 4) is 0 Å². The van der Waals surface area contributed by atoms with Crippen molar-refractivity contribution in [2.45, 2.75) is 44.1 Å². The van der Waals surface area contributed by atoms with Gasteiger partial charge in [-0.15, -0.1) is 0 Å². The van der Waals surface area contributed by atoms with Gasteiger partial charge < -0.3 is 10.4 Å². The average molecular weight is 262 g/mol. The van der Waals surface area contributed by atoms with Crippen molar-refractivity contribution in [1.82, 2.24) is 10.3 Å². The van der Waals surface area contributed by atoms with Crippen LogP contribution in [0.1, 0.15) is 37.8 Å². The van der Waals surface area contributed by atoms with Crippen molar-refractivity contribution in [2.75, 3.05) is 0 Å². The molecular weight excluding hydrogens is 244 g/mol. The van der Waals surface area contributed by atoms with Crippen LogP contribution in [0, 0.1) is 0 Å². The Morgan fingerprint density at radius 3 is 2.63 bits per heavy atom. The molecule has 0 bridgehead atoms. The molecule has 1 heterocycles. The van der Waals surface area contributed by atoms with E-state index in [0.29, 0.717) is 19.3 Å². The number of amides is 1. The quantitative estimate of drug-likeness (QED) is 0.843. The normalized spacial score (nSPS) is 17.1. The Morgan fingerprint density at radius 2 is 2.05 bits per heavy atom. The summed E-state index contributed by atoms with van der Waals surface area (Å²) in [5, 5.41) is 12.0. The van der Waals surface area contributed by atoms with Crippen molar-refractivity contribution in [3.63, 3.8) is 0 Å². The van der Waals surface area contributed by atoms with Gasteiger partial charge in [0.25, 0.3) is 0 Å². The maximum absolute atomic E-state index is 11.9. The van der Waals surface area contributed by atoms with Crippen LogP contribution in [0.5, 0.6) is 0 Å². The molecule has 0 aromatic carbocycles. The summed E-state index contributed by atoms with van der Waals surface area (Å²) in [6, 6.07) is 5.55. The number of carbonyl (C=O) groups is 2. The van der Waals surface area contributed by atoms with E-state index in [0.717, 1.165) is 18.5 Å². The number of carboxylic acid groups (broad SMARTS) is 1. The van der Waals surface area contributed by atoms with Gasteiger partial charge in [0, 0.05) is 18.3 Å². The Kier molecular flexibility index (Phi) is 4.14. The lowest BCUT2D eigenvalue weighted by Crippen LogP contribution is -2.52. The van der Waals surface area contributed by atoms with Crippen LogP contribution in [-0.4, -0.2) is 27.5 Å². The molecule has 2 rings (SSSR count). The Labute approximate surface area is 112 Å². The molecule has 1 aromatic rings. The van der Waals surface area contributed by atoms with Gasteiger partial charge >= 0.3 is 5.97 Å². The third-order valence-corrected chi connectivity index (χ3v) is 3.58. The third kappa shape index (κ3) is 3.30. The zero-order valence-electron chi connectivity index (χ0n) is 10.8. The van der Waals surface area contributed by atoms with Crippen LogP contribution in [0.4, 0.5) is 0 Å². The standard InChI is InChI=1S/C14H18N2O3/c17-12(7-6-11-5-1-4-10-15-11)16-14(13(18)19)8-2-3-9-14/h1,4-5,10H,2-3,6-9H2,(H,16,17)(H,18,19). The number of carboxylic acids is 1. The van der Waals surface area contributed by atoms with Crippen LogP contribution in [0.25, 0.3) is 0 Å². The molecule has 1 fully saturated rings. The molecule has 19 heavy (non-hydrogen) atoms. The fraction of sp³-hybridized carbons (Fsp3) is 0.500. The van der Waals surface area contributed by atoms with Crippen LogP contribution in [0.15, 0.2) is 24.4 Å². The smallest absolute Gasteiger partial charge is 0.329 e. The van der Waals surface area contributed by atoms with Gasteiger partial charge in [-0.2, -0.15) is 0 Å². The summed E-state index contributed by atoms with van der Waals surface area (Å²) >= 11 is 0. The van der Waals surface area contributed by atoms with E-state index in [4.69, 9.17) is 0 Å². The van der Waals surface area contributed by atoms with Crippen LogP contribution in [0.2, 0.25) is 0 Å². The van der Waals surface area contributed by atoms with Crippen molar-refractivity contribution in [3.05, 3.63) is 30.1 Å².